The van der Waals surface area contributed by atoms with Gasteiger partial charge in [-0.2, -0.15) is 0 Å². The van der Waals surface area contributed by atoms with Crippen molar-refractivity contribution in [2.45, 2.75) is 19.8 Å². The number of pyridine rings is 1. The molecule has 2 N–H and O–H groups in total. The molecule has 1 fully saturated rings. The minimum Gasteiger partial charge on any atom is -0.481 e. The number of hydrogen-bond acceptors (Lipinski definition) is 3. The number of aromatic nitrogens is 2. The van der Waals surface area contributed by atoms with Crippen LogP contribution in [0.3, 0.4) is 0 Å². The van der Waals surface area contributed by atoms with Crippen LogP contribution in [0.25, 0.3) is 5.65 Å². The van der Waals surface area contributed by atoms with Crippen molar-refractivity contribution in [2.75, 3.05) is 18.4 Å². The van der Waals surface area contributed by atoms with Crippen LogP contribution in [-0.4, -0.2) is 44.5 Å². The Labute approximate surface area is 127 Å². The number of carboxylic acids is 1. The molecule has 7 nitrogen and oxygen atoms in total. The first-order valence-corrected chi connectivity index (χ1v) is 7.27. The molecule has 1 aliphatic heterocycles. The van der Waals surface area contributed by atoms with E-state index in [4.69, 9.17) is 5.11 Å². The maximum absolute atomic E-state index is 12.3. The van der Waals surface area contributed by atoms with E-state index in [2.05, 4.69) is 10.3 Å². The van der Waals surface area contributed by atoms with Crippen molar-refractivity contribution < 1.29 is 14.7 Å². The van der Waals surface area contributed by atoms with Crippen LogP contribution in [-0.2, 0) is 4.79 Å². The Bertz CT molecular complexity index is 725. The fraction of sp³-hybridized carbons (Fsp3) is 0.400. The number of amides is 2. The van der Waals surface area contributed by atoms with Gasteiger partial charge in [-0.05, 0) is 31.9 Å². The lowest BCUT2D eigenvalue weighted by Gasteiger charge is -2.30. The topological polar surface area (TPSA) is 86.9 Å². The molecule has 3 heterocycles. The molecule has 0 radical (unpaired) electrons. The van der Waals surface area contributed by atoms with Crippen LogP contribution in [0, 0.1) is 12.8 Å². The number of aryl methyl sites for hydroxylation is 1. The van der Waals surface area contributed by atoms with Crippen molar-refractivity contribution in [1.29, 1.82) is 0 Å². The van der Waals surface area contributed by atoms with Crippen molar-refractivity contribution in [1.82, 2.24) is 14.3 Å². The first kappa shape index (κ1) is 14.4. The van der Waals surface area contributed by atoms with Gasteiger partial charge in [-0.25, -0.2) is 9.78 Å². The first-order chi connectivity index (χ1) is 10.5. The number of aliphatic carboxylic acids is 1. The third kappa shape index (κ3) is 2.88. The summed E-state index contributed by atoms with van der Waals surface area (Å²) in [5.74, 6) is -1.31. The minimum absolute atomic E-state index is 0.258. The highest BCUT2D eigenvalue weighted by molar-refractivity contribution is 5.89. The summed E-state index contributed by atoms with van der Waals surface area (Å²) >= 11 is 0. The lowest BCUT2D eigenvalue weighted by atomic mass is 9.99. The van der Waals surface area contributed by atoms with E-state index >= 15 is 0 Å². The highest BCUT2D eigenvalue weighted by atomic mass is 16.4. The molecule has 0 spiro atoms. The average molecular weight is 302 g/mol. The van der Waals surface area contributed by atoms with Crippen molar-refractivity contribution in [3.05, 3.63) is 30.2 Å². The van der Waals surface area contributed by atoms with E-state index in [-0.39, 0.29) is 12.6 Å². The molecule has 1 aliphatic rings. The Kier molecular flexibility index (Phi) is 3.70. The number of carboxylic acid groups (broad SMARTS) is 1. The summed E-state index contributed by atoms with van der Waals surface area (Å²) in [6, 6.07) is 3.36. The number of carbonyl (C=O) groups is 2. The van der Waals surface area contributed by atoms with Crippen molar-refractivity contribution >= 4 is 23.3 Å². The van der Waals surface area contributed by atoms with E-state index in [1.165, 1.54) is 0 Å². The third-order valence-electron chi connectivity index (χ3n) is 3.88. The molecule has 0 bridgehead atoms. The second kappa shape index (κ2) is 5.67. The van der Waals surface area contributed by atoms with E-state index in [0.29, 0.717) is 25.1 Å². The third-order valence-corrected chi connectivity index (χ3v) is 3.88. The molecule has 3 rings (SSSR count). The second-order valence-corrected chi connectivity index (χ2v) is 5.62. The second-order valence-electron chi connectivity index (χ2n) is 5.62. The number of hydrogen-bond donors (Lipinski definition) is 2. The molecule has 1 atom stereocenters. The number of imidazole rings is 1. The SMILES string of the molecule is Cc1cn2cc(NC(=O)N3CCCC(C(=O)O)C3)ccc2n1. The predicted molar refractivity (Wildman–Crippen MR) is 80.9 cm³/mol. The van der Waals surface area contributed by atoms with Gasteiger partial charge >= 0.3 is 12.0 Å². The van der Waals surface area contributed by atoms with Crippen molar-refractivity contribution in [3.63, 3.8) is 0 Å². The summed E-state index contributed by atoms with van der Waals surface area (Å²) in [6.45, 7) is 2.75. The Morgan fingerprint density at radius 1 is 1.36 bits per heavy atom. The largest absolute Gasteiger partial charge is 0.481 e. The zero-order valence-corrected chi connectivity index (χ0v) is 12.3. The first-order valence-electron chi connectivity index (χ1n) is 7.27. The number of rotatable bonds is 2. The monoisotopic (exact) mass is 302 g/mol. The van der Waals surface area contributed by atoms with Gasteiger partial charge in [-0.3, -0.25) is 4.79 Å². The van der Waals surface area contributed by atoms with Crippen LogP contribution in [0.1, 0.15) is 18.5 Å². The van der Waals surface area contributed by atoms with Crippen LogP contribution in [0.4, 0.5) is 10.5 Å². The molecule has 7 heteroatoms. The molecule has 116 valence electrons. The number of anilines is 1. The summed E-state index contributed by atoms with van der Waals surface area (Å²) in [5.41, 5.74) is 2.38. The quantitative estimate of drug-likeness (QED) is 0.888. The van der Waals surface area contributed by atoms with Crippen LogP contribution >= 0.6 is 0 Å². The van der Waals surface area contributed by atoms with Gasteiger partial charge in [0.2, 0.25) is 0 Å². The van der Waals surface area contributed by atoms with E-state index in [0.717, 1.165) is 11.3 Å². The fourth-order valence-corrected chi connectivity index (χ4v) is 2.76. The standard InChI is InChI=1S/C15H18N4O3/c1-10-7-19-9-12(4-5-13(19)16-10)17-15(22)18-6-2-3-11(8-18)14(20)21/h4-5,7,9,11H,2-3,6,8H2,1H3,(H,17,22)(H,20,21). The molecular weight excluding hydrogens is 284 g/mol. The molecule has 2 aromatic heterocycles. The van der Waals surface area contributed by atoms with Gasteiger partial charge in [-0.15, -0.1) is 0 Å². The summed E-state index contributed by atoms with van der Waals surface area (Å²) in [4.78, 5) is 29.2. The molecule has 0 aliphatic carbocycles. The lowest BCUT2D eigenvalue weighted by molar-refractivity contribution is -0.143. The normalized spacial score (nSPS) is 18.4. The van der Waals surface area contributed by atoms with E-state index in [1.807, 2.05) is 23.6 Å². The van der Waals surface area contributed by atoms with Gasteiger partial charge in [0.15, 0.2) is 0 Å². The molecule has 1 unspecified atom stereocenters. The number of nitrogens with zero attached hydrogens (tertiary/aromatic N) is 3. The van der Waals surface area contributed by atoms with Gasteiger partial charge in [0.05, 0.1) is 17.3 Å². The van der Waals surface area contributed by atoms with Gasteiger partial charge < -0.3 is 19.7 Å². The molecule has 2 aromatic rings. The Hall–Kier alpha value is -2.57. The Balaban J connectivity index is 1.70. The maximum Gasteiger partial charge on any atom is 0.321 e. The Morgan fingerprint density at radius 3 is 2.95 bits per heavy atom. The number of nitrogens with one attached hydrogen (secondary N) is 1. The van der Waals surface area contributed by atoms with Gasteiger partial charge in [0, 0.05) is 25.5 Å². The highest BCUT2D eigenvalue weighted by Gasteiger charge is 2.28. The van der Waals surface area contributed by atoms with Gasteiger partial charge in [0.25, 0.3) is 0 Å². The molecule has 1 saturated heterocycles. The molecule has 2 amide bonds. The van der Waals surface area contributed by atoms with Crippen LogP contribution in [0.2, 0.25) is 0 Å². The molecule has 0 aromatic carbocycles. The zero-order valence-electron chi connectivity index (χ0n) is 12.3. The van der Waals surface area contributed by atoms with Crippen molar-refractivity contribution in [2.24, 2.45) is 5.92 Å². The molecule has 22 heavy (non-hydrogen) atoms. The summed E-state index contributed by atoms with van der Waals surface area (Å²) in [7, 11) is 0. The Morgan fingerprint density at radius 2 is 2.18 bits per heavy atom. The number of likely N-dealkylation sites (tertiary alicyclic amines) is 1. The van der Waals surface area contributed by atoms with Gasteiger partial charge in [-0.1, -0.05) is 0 Å². The summed E-state index contributed by atoms with van der Waals surface area (Å²) < 4.78 is 1.85. The van der Waals surface area contributed by atoms with Crippen molar-refractivity contribution in [3.8, 4) is 0 Å². The summed E-state index contributed by atoms with van der Waals surface area (Å²) in [6.07, 6.45) is 5.02. The zero-order chi connectivity index (χ0) is 15.7. The van der Waals surface area contributed by atoms with E-state index in [1.54, 1.807) is 17.2 Å². The van der Waals surface area contributed by atoms with Crippen LogP contribution < -0.4 is 5.32 Å². The molecular formula is C15H18N4O3. The number of fused-ring (bicyclic) bond motifs is 1. The number of piperidine rings is 1. The lowest BCUT2D eigenvalue weighted by Crippen LogP contribution is -2.44. The minimum atomic E-state index is -0.840. The maximum atomic E-state index is 12.3. The van der Waals surface area contributed by atoms with Crippen LogP contribution in [0.15, 0.2) is 24.5 Å². The van der Waals surface area contributed by atoms with E-state index < -0.39 is 11.9 Å². The smallest absolute Gasteiger partial charge is 0.321 e. The highest BCUT2D eigenvalue weighted by Crippen LogP contribution is 2.18. The number of carbonyl (C=O) groups excluding carboxylic acids is 1. The average Bonchev–Trinajstić information content (AvgIpc) is 2.86. The summed E-state index contributed by atoms with van der Waals surface area (Å²) in [5, 5.41) is 11.9. The van der Waals surface area contributed by atoms with E-state index in [9.17, 15) is 9.59 Å². The fourth-order valence-electron chi connectivity index (χ4n) is 2.76. The molecule has 0 saturated carbocycles. The predicted octanol–water partition coefficient (Wildman–Crippen LogP) is 1.97. The van der Waals surface area contributed by atoms with Crippen LogP contribution in [0.5, 0.6) is 0 Å². The van der Waals surface area contributed by atoms with Gasteiger partial charge in [0.1, 0.15) is 5.65 Å². The number of urea groups is 1.